The smallest absolute Gasteiger partial charge is 0.129 e. The molecule has 2 N–H and O–H groups in total. The van der Waals surface area contributed by atoms with Crippen LogP contribution in [0.15, 0.2) is 42.6 Å². The molecule has 1 aromatic heterocycles. The van der Waals surface area contributed by atoms with Crippen molar-refractivity contribution in [2.75, 3.05) is 36.0 Å². The van der Waals surface area contributed by atoms with Crippen LogP contribution < -0.4 is 15.5 Å². The molecule has 1 aliphatic heterocycles. The van der Waals surface area contributed by atoms with Gasteiger partial charge in [0.25, 0.3) is 0 Å². The van der Waals surface area contributed by atoms with Crippen LogP contribution in [0.4, 0.5) is 15.9 Å². The predicted octanol–water partition coefficient (Wildman–Crippen LogP) is 2.01. The molecular formula is C16H19FN4. The lowest BCUT2D eigenvalue weighted by atomic mass is 10.1. The standard InChI is InChI=1S/C16H19FN4/c17-15-11-14(5-4-13(15)12-18)20-7-9-21(10-8-20)16-3-1-2-6-19-16/h1-6,11H,7-10,12,18H2. The summed E-state index contributed by atoms with van der Waals surface area (Å²) in [6.45, 7) is 3.73. The highest BCUT2D eigenvalue weighted by molar-refractivity contribution is 5.50. The Morgan fingerprint density at radius 3 is 2.43 bits per heavy atom. The zero-order chi connectivity index (χ0) is 14.7. The van der Waals surface area contributed by atoms with Crippen LogP contribution in [0.2, 0.25) is 0 Å². The normalized spacial score (nSPS) is 15.3. The monoisotopic (exact) mass is 286 g/mol. The Morgan fingerprint density at radius 1 is 1.05 bits per heavy atom. The van der Waals surface area contributed by atoms with Gasteiger partial charge in [0, 0.05) is 50.2 Å². The lowest BCUT2D eigenvalue weighted by molar-refractivity contribution is 0.605. The van der Waals surface area contributed by atoms with Crippen LogP contribution in [0, 0.1) is 5.82 Å². The van der Waals surface area contributed by atoms with Gasteiger partial charge in [0.1, 0.15) is 11.6 Å². The summed E-state index contributed by atoms with van der Waals surface area (Å²) in [4.78, 5) is 8.82. The summed E-state index contributed by atoms with van der Waals surface area (Å²) in [6.07, 6.45) is 1.81. The summed E-state index contributed by atoms with van der Waals surface area (Å²) < 4.78 is 13.8. The van der Waals surface area contributed by atoms with Crippen molar-refractivity contribution >= 4 is 11.5 Å². The largest absolute Gasteiger partial charge is 0.368 e. The fourth-order valence-corrected chi connectivity index (χ4v) is 2.63. The Labute approximate surface area is 124 Å². The Kier molecular flexibility index (Phi) is 4.01. The molecule has 5 heteroatoms. The number of hydrogen-bond donors (Lipinski definition) is 1. The van der Waals surface area contributed by atoms with Crippen LogP contribution in [-0.2, 0) is 6.54 Å². The van der Waals surface area contributed by atoms with Gasteiger partial charge in [-0.05, 0) is 24.3 Å². The Bertz CT molecular complexity index is 594. The quantitative estimate of drug-likeness (QED) is 0.937. The van der Waals surface area contributed by atoms with Crippen molar-refractivity contribution in [3.8, 4) is 0 Å². The average molecular weight is 286 g/mol. The molecule has 1 aromatic carbocycles. The first-order valence-corrected chi connectivity index (χ1v) is 7.17. The molecule has 0 amide bonds. The van der Waals surface area contributed by atoms with Gasteiger partial charge in [-0.2, -0.15) is 0 Å². The highest BCUT2D eigenvalue weighted by Gasteiger charge is 2.18. The van der Waals surface area contributed by atoms with E-state index < -0.39 is 0 Å². The van der Waals surface area contributed by atoms with Crippen molar-refractivity contribution in [1.29, 1.82) is 0 Å². The first kappa shape index (κ1) is 13.8. The van der Waals surface area contributed by atoms with E-state index in [1.807, 2.05) is 30.5 Å². The Morgan fingerprint density at radius 2 is 1.81 bits per heavy atom. The summed E-state index contributed by atoms with van der Waals surface area (Å²) in [5.41, 5.74) is 6.98. The highest BCUT2D eigenvalue weighted by Crippen LogP contribution is 2.21. The molecule has 0 bridgehead atoms. The van der Waals surface area contributed by atoms with E-state index in [9.17, 15) is 4.39 Å². The Hall–Kier alpha value is -2.14. The van der Waals surface area contributed by atoms with E-state index in [2.05, 4.69) is 14.8 Å². The molecule has 1 saturated heterocycles. The number of hydrogen-bond acceptors (Lipinski definition) is 4. The number of anilines is 2. The minimum Gasteiger partial charge on any atom is -0.368 e. The predicted molar refractivity (Wildman–Crippen MR) is 83.0 cm³/mol. The maximum atomic E-state index is 13.8. The molecule has 1 aliphatic rings. The second kappa shape index (κ2) is 6.10. The van der Waals surface area contributed by atoms with Crippen molar-refractivity contribution in [1.82, 2.24) is 4.98 Å². The molecule has 0 aliphatic carbocycles. The van der Waals surface area contributed by atoms with Crippen molar-refractivity contribution in [3.63, 3.8) is 0 Å². The van der Waals surface area contributed by atoms with Crippen LogP contribution in [-0.4, -0.2) is 31.2 Å². The number of piperazine rings is 1. The molecule has 0 radical (unpaired) electrons. The van der Waals surface area contributed by atoms with Crippen LogP contribution in [0.25, 0.3) is 0 Å². The molecule has 0 spiro atoms. The molecule has 21 heavy (non-hydrogen) atoms. The van der Waals surface area contributed by atoms with Crippen molar-refractivity contribution in [3.05, 3.63) is 54.0 Å². The average Bonchev–Trinajstić information content (AvgIpc) is 2.56. The van der Waals surface area contributed by atoms with Crippen molar-refractivity contribution in [2.24, 2.45) is 5.73 Å². The SMILES string of the molecule is NCc1ccc(N2CCN(c3ccccn3)CC2)cc1F. The van der Waals surface area contributed by atoms with E-state index in [-0.39, 0.29) is 12.4 Å². The van der Waals surface area contributed by atoms with Gasteiger partial charge in [-0.25, -0.2) is 9.37 Å². The number of aromatic nitrogens is 1. The minimum atomic E-state index is -0.220. The number of benzene rings is 1. The van der Waals surface area contributed by atoms with Crippen molar-refractivity contribution < 1.29 is 4.39 Å². The fraction of sp³-hybridized carbons (Fsp3) is 0.312. The summed E-state index contributed by atoms with van der Waals surface area (Å²) in [6, 6.07) is 11.2. The molecule has 3 rings (SSSR count). The summed E-state index contributed by atoms with van der Waals surface area (Å²) >= 11 is 0. The lowest BCUT2D eigenvalue weighted by Gasteiger charge is -2.36. The molecule has 1 fully saturated rings. The van der Waals surface area contributed by atoms with Gasteiger partial charge in [0.2, 0.25) is 0 Å². The Balaban J connectivity index is 1.67. The van der Waals surface area contributed by atoms with Gasteiger partial charge in [0.05, 0.1) is 0 Å². The maximum Gasteiger partial charge on any atom is 0.129 e. The number of nitrogens with zero attached hydrogens (tertiary/aromatic N) is 3. The van der Waals surface area contributed by atoms with Crippen molar-refractivity contribution in [2.45, 2.75) is 6.54 Å². The molecule has 2 heterocycles. The lowest BCUT2D eigenvalue weighted by Crippen LogP contribution is -2.46. The van der Waals surface area contributed by atoms with E-state index in [1.165, 1.54) is 0 Å². The maximum absolute atomic E-state index is 13.8. The third-order valence-electron chi connectivity index (χ3n) is 3.87. The van der Waals surface area contributed by atoms with Crippen LogP contribution in [0.1, 0.15) is 5.56 Å². The molecule has 0 unspecified atom stereocenters. The first-order valence-electron chi connectivity index (χ1n) is 7.17. The van der Waals surface area contributed by atoms with E-state index in [4.69, 9.17) is 5.73 Å². The minimum absolute atomic E-state index is 0.220. The van der Waals surface area contributed by atoms with E-state index >= 15 is 0 Å². The summed E-state index contributed by atoms with van der Waals surface area (Å²) in [5.74, 6) is 0.781. The topological polar surface area (TPSA) is 45.4 Å². The van der Waals surface area contributed by atoms with E-state index in [0.717, 1.165) is 37.7 Å². The zero-order valence-corrected chi connectivity index (χ0v) is 11.9. The van der Waals surface area contributed by atoms with Gasteiger partial charge in [-0.1, -0.05) is 12.1 Å². The van der Waals surface area contributed by atoms with Gasteiger partial charge in [0.15, 0.2) is 0 Å². The second-order valence-corrected chi connectivity index (χ2v) is 5.14. The van der Waals surface area contributed by atoms with Gasteiger partial charge < -0.3 is 15.5 Å². The summed E-state index contributed by atoms with van der Waals surface area (Å²) in [7, 11) is 0. The highest BCUT2D eigenvalue weighted by atomic mass is 19.1. The van der Waals surface area contributed by atoms with Crippen LogP contribution >= 0.6 is 0 Å². The first-order chi connectivity index (χ1) is 10.3. The summed E-state index contributed by atoms with van der Waals surface area (Å²) in [5, 5.41) is 0. The third kappa shape index (κ3) is 2.97. The number of halogens is 1. The van der Waals surface area contributed by atoms with Gasteiger partial charge in [-0.3, -0.25) is 0 Å². The molecular weight excluding hydrogens is 267 g/mol. The molecule has 110 valence electrons. The van der Waals surface area contributed by atoms with Gasteiger partial charge >= 0.3 is 0 Å². The number of pyridine rings is 1. The molecule has 0 atom stereocenters. The van der Waals surface area contributed by atoms with E-state index in [1.54, 1.807) is 12.1 Å². The van der Waals surface area contributed by atoms with Crippen LogP contribution in [0.3, 0.4) is 0 Å². The molecule has 4 nitrogen and oxygen atoms in total. The number of nitrogens with two attached hydrogens (primary N) is 1. The third-order valence-corrected chi connectivity index (χ3v) is 3.87. The second-order valence-electron chi connectivity index (χ2n) is 5.14. The zero-order valence-electron chi connectivity index (χ0n) is 11.9. The van der Waals surface area contributed by atoms with Gasteiger partial charge in [-0.15, -0.1) is 0 Å². The van der Waals surface area contributed by atoms with E-state index in [0.29, 0.717) is 5.56 Å². The molecule has 2 aromatic rings. The molecule has 0 saturated carbocycles. The fourth-order valence-electron chi connectivity index (χ4n) is 2.63. The number of rotatable bonds is 3. The van der Waals surface area contributed by atoms with Crippen LogP contribution in [0.5, 0.6) is 0 Å².